The summed E-state index contributed by atoms with van der Waals surface area (Å²) < 4.78 is 0. The third kappa shape index (κ3) is 2.37. The minimum atomic E-state index is -0.228. The van der Waals surface area contributed by atoms with Gasteiger partial charge in [0, 0.05) is 10.5 Å². The van der Waals surface area contributed by atoms with E-state index in [-0.39, 0.29) is 18.4 Å². The second-order valence-electron chi connectivity index (χ2n) is 2.77. The molecular weight excluding hydrogens is 186 g/mol. The molecule has 0 spiro atoms. The summed E-state index contributed by atoms with van der Waals surface area (Å²) in [6.07, 6.45) is 0. The maximum absolute atomic E-state index is 9.52. The normalized spacial score (nSPS) is 12.8. The summed E-state index contributed by atoms with van der Waals surface area (Å²) >= 11 is 4.09. The average molecular weight is 199 g/mol. The molecule has 0 aromatic heterocycles. The monoisotopic (exact) mass is 199 g/mol. The summed E-state index contributed by atoms with van der Waals surface area (Å²) in [5.74, 6) is 0.154. The van der Waals surface area contributed by atoms with Gasteiger partial charge in [-0.05, 0) is 19.2 Å². The van der Waals surface area contributed by atoms with Crippen LogP contribution in [0.2, 0.25) is 0 Å². The second kappa shape index (κ2) is 4.50. The summed E-state index contributed by atoms with van der Waals surface area (Å²) in [7, 11) is 1.73. The van der Waals surface area contributed by atoms with Crippen molar-refractivity contribution in [1.82, 2.24) is 5.32 Å². The molecule has 0 amide bonds. The highest BCUT2D eigenvalue weighted by atomic mass is 32.1. The van der Waals surface area contributed by atoms with E-state index in [1.165, 1.54) is 0 Å². The topological polar surface area (TPSA) is 52.5 Å². The number of benzene rings is 1. The van der Waals surface area contributed by atoms with E-state index in [0.717, 1.165) is 0 Å². The number of rotatable bonds is 3. The first-order valence-electron chi connectivity index (χ1n) is 3.99. The van der Waals surface area contributed by atoms with Gasteiger partial charge >= 0.3 is 0 Å². The molecule has 0 radical (unpaired) electrons. The number of phenols is 1. The Morgan fingerprint density at radius 2 is 2.23 bits per heavy atom. The number of likely N-dealkylation sites (N-methyl/N-ethyl adjacent to an activating group) is 1. The van der Waals surface area contributed by atoms with Gasteiger partial charge in [-0.3, -0.25) is 0 Å². The maximum atomic E-state index is 9.52. The van der Waals surface area contributed by atoms with Gasteiger partial charge in [-0.2, -0.15) is 0 Å². The third-order valence-electron chi connectivity index (χ3n) is 1.92. The molecule has 0 aliphatic rings. The van der Waals surface area contributed by atoms with Gasteiger partial charge in [0.25, 0.3) is 0 Å². The van der Waals surface area contributed by atoms with Gasteiger partial charge in [-0.15, -0.1) is 12.6 Å². The Labute approximate surface area is 82.8 Å². The fraction of sp³-hybridized carbons (Fsp3) is 0.333. The molecule has 0 fully saturated rings. The quantitative estimate of drug-likeness (QED) is 0.548. The van der Waals surface area contributed by atoms with E-state index >= 15 is 0 Å². The lowest BCUT2D eigenvalue weighted by Crippen LogP contribution is -2.19. The van der Waals surface area contributed by atoms with E-state index < -0.39 is 0 Å². The molecule has 72 valence electrons. The van der Waals surface area contributed by atoms with Gasteiger partial charge in [0.2, 0.25) is 0 Å². The van der Waals surface area contributed by atoms with Crippen molar-refractivity contribution in [3.05, 3.63) is 23.8 Å². The van der Waals surface area contributed by atoms with Crippen LogP contribution in [-0.4, -0.2) is 23.9 Å². The van der Waals surface area contributed by atoms with Gasteiger partial charge in [-0.25, -0.2) is 0 Å². The number of hydrogen-bond acceptors (Lipinski definition) is 4. The number of aliphatic hydroxyl groups excluding tert-OH is 1. The molecule has 3 N–H and O–H groups in total. The Morgan fingerprint density at radius 3 is 2.69 bits per heavy atom. The highest BCUT2D eigenvalue weighted by Gasteiger charge is 2.11. The number of phenolic OH excluding ortho intramolecular Hbond substituents is 1. The number of aromatic hydroxyl groups is 1. The predicted molar refractivity (Wildman–Crippen MR) is 54.2 cm³/mol. The maximum Gasteiger partial charge on any atom is 0.121 e. The van der Waals surface area contributed by atoms with Crippen molar-refractivity contribution < 1.29 is 10.2 Å². The van der Waals surface area contributed by atoms with Gasteiger partial charge in [0.05, 0.1) is 12.6 Å². The van der Waals surface area contributed by atoms with Crippen molar-refractivity contribution in [2.75, 3.05) is 13.7 Å². The Hall–Kier alpha value is -0.710. The predicted octanol–water partition coefficient (Wildman–Crippen LogP) is 0.934. The molecule has 3 nitrogen and oxygen atoms in total. The Bertz CT molecular complexity index is 287. The third-order valence-corrected chi connectivity index (χ3v) is 2.20. The minimum absolute atomic E-state index is 0.0457. The molecule has 0 heterocycles. The Kier molecular flexibility index (Phi) is 3.59. The lowest BCUT2D eigenvalue weighted by molar-refractivity contribution is 0.248. The van der Waals surface area contributed by atoms with Crippen LogP contribution in [0.1, 0.15) is 11.6 Å². The SMILES string of the molecule is CNC(CO)c1ccc(S)cc1O. The smallest absolute Gasteiger partial charge is 0.121 e. The lowest BCUT2D eigenvalue weighted by Gasteiger charge is -2.14. The molecule has 0 bridgehead atoms. The van der Waals surface area contributed by atoms with Gasteiger partial charge in [-0.1, -0.05) is 6.07 Å². The van der Waals surface area contributed by atoms with Gasteiger partial charge in [0.15, 0.2) is 0 Å². The highest BCUT2D eigenvalue weighted by molar-refractivity contribution is 7.80. The molecule has 1 unspecified atom stereocenters. The van der Waals surface area contributed by atoms with Crippen molar-refractivity contribution in [3.63, 3.8) is 0 Å². The Morgan fingerprint density at radius 1 is 1.54 bits per heavy atom. The molecule has 1 atom stereocenters. The van der Waals surface area contributed by atoms with Crippen LogP contribution in [0.4, 0.5) is 0 Å². The molecule has 1 aromatic rings. The van der Waals surface area contributed by atoms with Crippen LogP contribution in [0, 0.1) is 0 Å². The zero-order chi connectivity index (χ0) is 9.84. The van der Waals surface area contributed by atoms with Crippen LogP contribution < -0.4 is 5.32 Å². The van der Waals surface area contributed by atoms with Gasteiger partial charge in [0.1, 0.15) is 5.75 Å². The van der Waals surface area contributed by atoms with Crippen molar-refractivity contribution in [3.8, 4) is 5.75 Å². The number of thiol groups is 1. The zero-order valence-electron chi connectivity index (χ0n) is 7.36. The minimum Gasteiger partial charge on any atom is -0.508 e. The van der Waals surface area contributed by atoms with Crippen molar-refractivity contribution in [2.45, 2.75) is 10.9 Å². The molecule has 1 rings (SSSR count). The fourth-order valence-corrected chi connectivity index (χ4v) is 1.37. The van der Waals surface area contributed by atoms with Crippen LogP contribution in [0.5, 0.6) is 5.75 Å². The largest absolute Gasteiger partial charge is 0.508 e. The second-order valence-corrected chi connectivity index (χ2v) is 3.28. The molecule has 0 saturated carbocycles. The number of aliphatic hydroxyl groups is 1. The van der Waals surface area contributed by atoms with E-state index in [9.17, 15) is 5.11 Å². The van der Waals surface area contributed by atoms with Crippen molar-refractivity contribution in [2.24, 2.45) is 0 Å². The van der Waals surface area contributed by atoms with E-state index in [1.807, 2.05) is 0 Å². The standard InChI is InChI=1S/C9H13NO2S/c1-10-8(5-11)7-3-2-6(13)4-9(7)12/h2-4,8,10-13H,5H2,1H3. The van der Waals surface area contributed by atoms with E-state index in [1.54, 1.807) is 25.2 Å². The number of hydrogen-bond donors (Lipinski definition) is 4. The first-order valence-corrected chi connectivity index (χ1v) is 4.43. The zero-order valence-corrected chi connectivity index (χ0v) is 8.25. The molecule has 0 aliphatic heterocycles. The van der Waals surface area contributed by atoms with Crippen molar-refractivity contribution in [1.29, 1.82) is 0 Å². The van der Waals surface area contributed by atoms with Crippen LogP contribution in [0.3, 0.4) is 0 Å². The average Bonchev–Trinajstić information content (AvgIpc) is 2.10. The van der Waals surface area contributed by atoms with Crippen LogP contribution >= 0.6 is 12.6 Å². The first-order chi connectivity index (χ1) is 6.19. The van der Waals surface area contributed by atoms with Gasteiger partial charge < -0.3 is 15.5 Å². The Balaban J connectivity index is 2.99. The highest BCUT2D eigenvalue weighted by Crippen LogP contribution is 2.26. The fourth-order valence-electron chi connectivity index (χ4n) is 1.17. The summed E-state index contributed by atoms with van der Waals surface area (Å²) in [5, 5.41) is 21.4. The summed E-state index contributed by atoms with van der Waals surface area (Å²) in [6, 6.07) is 4.85. The summed E-state index contributed by atoms with van der Waals surface area (Å²) in [5.41, 5.74) is 0.683. The molecule has 13 heavy (non-hydrogen) atoms. The number of nitrogens with one attached hydrogen (secondary N) is 1. The summed E-state index contributed by atoms with van der Waals surface area (Å²) in [4.78, 5) is 0.703. The van der Waals surface area contributed by atoms with Crippen LogP contribution in [0.25, 0.3) is 0 Å². The van der Waals surface area contributed by atoms with Crippen LogP contribution in [-0.2, 0) is 0 Å². The van der Waals surface area contributed by atoms with E-state index in [4.69, 9.17) is 5.11 Å². The van der Waals surface area contributed by atoms with Crippen molar-refractivity contribution >= 4 is 12.6 Å². The molecule has 4 heteroatoms. The molecule has 1 aromatic carbocycles. The molecule has 0 saturated heterocycles. The van der Waals surface area contributed by atoms with Crippen LogP contribution in [0.15, 0.2) is 23.1 Å². The van der Waals surface area contributed by atoms with E-state index in [0.29, 0.717) is 10.5 Å². The summed E-state index contributed by atoms with van der Waals surface area (Å²) in [6.45, 7) is -0.0457. The lowest BCUT2D eigenvalue weighted by atomic mass is 10.1. The molecule has 0 aliphatic carbocycles. The first kappa shape index (κ1) is 10.4. The molecular formula is C9H13NO2S. The van der Waals surface area contributed by atoms with E-state index in [2.05, 4.69) is 17.9 Å².